The van der Waals surface area contributed by atoms with E-state index in [1.165, 1.54) is 4.90 Å². The molecule has 0 spiro atoms. The van der Waals surface area contributed by atoms with Crippen molar-refractivity contribution in [3.8, 4) is 0 Å². The van der Waals surface area contributed by atoms with Crippen LogP contribution in [0, 0.1) is 11.8 Å². The lowest BCUT2D eigenvalue weighted by Crippen LogP contribution is -2.31. The Kier molecular flexibility index (Phi) is 3.35. The molecule has 2 aliphatic rings. The second-order valence-corrected chi connectivity index (χ2v) is 6.15. The maximum Gasteiger partial charge on any atom is 0.238 e. The summed E-state index contributed by atoms with van der Waals surface area (Å²) in [4.78, 5) is 26.2. The van der Waals surface area contributed by atoms with Gasteiger partial charge in [0.05, 0.1) is 22.5 Å². The molecule has 20 heavy (non-hydrogen) atoms. The lowest BCUT2D eigenvalue weighted by Gasteiger charge is -2.18. The van der Waals surface area contributed by atoms with Gasteiger partial charge in [-0.3, -0.25) is 9.59 Å². The van der Waals surface area contributed by atoms with E-state index in [0.717, 1.165) is 5.57 Å². The van der Waals surface area contributed by atoms with Crippen molar-refractivity contribution in [2.45, 2.75) is 19.8 Å². The van der Waals surface area contributed by atoms with Crippen molar-refractivity contribution in [3.05, 3.63) is 39.9 Å². The Bertz CT molecular complexity index is 639. The summed E-state index contributed by atoms with van der Waals surface area (Å²) in [6.45, 7) is 1.99. The maximum absolute atomic E-state index is 12.5. The summed E-state index contributed by atoms with van der Waals surface area (Å²) >= 11 is 12.0. The molecule has 0 aromatic heterocycles. The second kappa shape index (κ2) is 4.90. The van der Waals surface area contributed by atoms with Crippen LogP contribution < -0.4 is 4.90 Å². The number of allylic oxidation sites excluding steroid dienone is 2. The molecule has 1 fully saturated rings. The van der Waals surface area contributed by atoms with Crippen LogP contribution in [0.4, 0.5) is 5.69 Å². The summed E-state index contributed by atoms with van der Waals surface area (Å²) in [5, 5.41) is 0.801. The molecule has 2 atom stereocenters. The monoisotopic (exact) mass is 309 g/mol. The normalized spacial score (nSPS) is 25.8. The molecule has 1 heterocycles. The van der Waals surface area contributed by atoms with Crippen LogP contribution in [-0.2, 0) is 9.59 Å². The zero-order chi connectivity index (χ0) is 14.4. The zero-order valence-electron chi connectivity index (χ0n) is 10.9. The molecule has 5 heteroatoms. The lowest BCUT2D eigenvalue weighted by atomic mass is 9.82. The van der Waals surface area contributed by atoms with Gasteiger partial charge in [-0.15, -0.1) is 0 Å². The van der Waals surface area contributed by atoms with Gasteiger partial charge < -0.3 is 0 Å². The molecule has 0 radical (unpaired) electrons. The highest BCUT2D eigenvalue weighted by Gasteiger charge is 2.49. The minimum Gasteiger partial charge on any atom is -0.274 e. The van der Waals surface area contributed by atoms with Gasteiger partial charge in [0.15, 0.2) is 0 Å². The number of imide groups is 1. The van der Waals surface area contributed by atoms with Gasteiger partial charge >= 0.3 is 0 Å². The number of carbonyl (C=O) groups excluding carboxylic acids is 2. The third-order valence-corrected chi connectivity index (χ3v) is 4.51. The van der Waals surface area contributed by atoms with E-state index in [1.807, 2.05) is 13.0 Å². The van der Waals surface area contributed by atoms with Crippen LogP contribution in [0.15, 0.2) is 29.8 Å². The van der Waals surface area contributed by atoms with Crippen molar-refractivity contribution in [1.82, 2.24) is 0 Å². The molecule has 0 N–H and O–H groups in total. The summed E-state index contributed by atoms with van der Waals surface area (Å²) in [5.74, 6) is -0.818. The first kappa shape index (κ1) is 13.7. The fourth-order valence-electron chi connectivity index (χ4n) is 2.94. The molecule has 104 valence electrons. The number of halogens is 2. The van der Waals surface area contributed by atoms with Gasteiger partial charge in [-0.25, -0.2) is 4.90 Å². The molecule has 3 rings (SSSR count). The van der Waals surface area contributed by atoms with E-state index in [9.17, 15) is 9.59 Å². The third kappa shape index (κ3) is 2.05. The van der Waals surface area contributed by atoms with Crippen LogP contribution >= 0.6 is 23.2 Å². The van der Waals surface area contributed by atoms with Gasteiger partial charge in [0.2, 0.25) is 11.8 Å². The quantitative estimate of drug-likeness (QED) is 0.584. The van der Waals surface area contributed by atoms with Gasteiger partial charge in [0.1, 0.15) is 0 Å². The average molecular weight is 310 g/mol. The van der Waals surface area contributed by atoms with Gasteiger partial charge in [-0.2, -0.15) is 0 Å². The molecular formula is C15H13Cl2NO2. The summed E-state index contributed by atoms with van der Waals surface area (Å²) in [5.41, 5.74) is 1.59. The topological polar surface area (TPSA) is 37.4 Å². The zero-order valence-corrected chi connectivity index (χ0v) is 12.4. The number of benzene rings is 1. The van der Waals surface area contributed by atoms with Crippen molar-refractivity contribution in [2.24, 2.45) is 11.8 Å². The van der Waals surface area contributed by atoms with Crippen LogP contribution in [0.25, 0.3) is 0 Å². The van der Waals surface area contributed by atoms with Crippen molar-refractivity contribution >= 4 is 40.7 Å². The molecule has 0 saturated carbocycles. The van der Waals surface area contributed by atoms with Crippen LogP contribution in [0.1, 0.15) is 19.8 Å². The van der Waals surface area contributed by atoms with E-state index in [-0.39, 0.29) is 23.7 Å². The highest BCUT2D eigenvalue weighted by Crippen LogP contribution is 2.41. The van der Waals surface area contributed by atoms with Crippen LogP contribution in [0.3, 0.4) is 0 Å². The van der Waals surface area contributed by atoms with E-state index in [0.29, 0.717) is 28.6 Å². The number of hydrogen-bond acceptors (Lipinski definition) is 2. The Labute approximate surface area is 127 Å². The van der Waals surface area contributed by atoms with E-state index in [4.69, 9.17) is 23.2 Å². The molecule has 1 aromatic carbocycles. The van der Waals surface area contributed by atoms with Crippen molar-refractivity contribution in [2.75, 3.05) is 4.90 Å². The number of fused-ring (bicyclic) bond motifs is 1. The number of amides is 2. The number of rotatable bonds is 1. The lowest BCUT2D eigenvalue weighted by molar-refractivity contribution is -0.122. The van der Waals surface area contributed by atoms with Gasteiger partial charge in [-0.1, -0.05) is 34.9 Å². The number of hydrogen-bond donors (Lipinski definition) is 0. The maximum atomic E-state index is 12.5. The standard InChI is InChI=1S/C15H13Cl2NO2/c1-8-2-4-10-11(6-8)15(20)18(14(10)19)13-5-3-9(16)7-12(13)17/h2-3,5,7,10-11H,4,6H2,1H3. The summed E-state index contributed by atoms with van der Waals surface area (Å²) in [6, 6.07) is 4.80. The van der Waals surface area contributed by atoms with Crippen LogP contribution in [0.2, 0.25) is 10.0 Å². The molecule has 1 saturated heterocycles. The average Bonchev–Trinajstić information content (AvgIpc) is 2.63. The molecule has 0 bridgehead atoms. The predicted molar refractivity (Wildman–Crippen MR) is 78.9 cm³/mol. The van der Waals surface area contributed by atoms with Crippen molar-refractivity contribution < 1.29 is 9.59 Å². The molecule has 2 amide bonds. The molecule has 1 aliphatic heterocycles. The van der Waals surface area contributed by atoms with Crippen molar-refractivity contribution in [3.63, 3.8) is 0 Å². The second-order valence-electron chi connectivity index (χ2n) is 5.31. The molecule has 2 unspecified atom stereocenters. The van der Waals surface area contributed by atoms with E-state index >= 15 is 0 Å². The molecule has 1 aromatic rings. The van der Waals surface area contributed by atoms with E-state index in [2.05, 4.69) is 0 Å². The molecular weight excluding hydrogens is 297 g/mol. The Balaban J connectivity index is 2.00. The Morgan fingerprint density at radius 1 is 1.15 bits per heavy atom. The Morgan fingerprint density at radius 2 is 1.85 bits per heavy atom. The first-order valence-electron chi connectivity index (χ1n) is 6.47. The molecule has 1 aliphatic carbocycles. The first-order valence-corrected chi connectivity index (χ1v) is 7.23. The number of carbonyl (C=O) groups is 2. The van der Waals surface area contributed by atoms with Crippen molar-refractivity contribution in [1.29, 1.82) is 0 Å². The van der Waals surface area contributed by atoms with E-state index < -0.39 is 0 Å². The number of anilines is 1. The fraction of sp³-hybridized carbons (Fsp3) is 0.333. The minimum absolute atomic E-state index is 0.156. The van der Waals surface area contributed by atoms with Gasteiger partial charge in [0, 0.05) is 5.02 Å². The summed E-state index contributed by atoms with van der Waals surface area (Å²) in [6.07, 6.45) is 3.32. The van der Waals surface area contributed by atoms with E-state index in [1.54, 1.807) is 18.2 Å². The highest BCUT2D eigenvalue weighted by molar-refractivity contribution is 6.38. The first-order chi connectivity index (χ1) is 9.49. The Hall–Kier alpha value is -1.32. The molecule has 3 nitrogen and oxygen atoms in total. The van der Waals surface area contributed by atoms with Crippen LogP contribution in [-0.4, -0.2) is 11.8 Å². The smallest absolute Gasteiger partial charge is 0.238 e. The third-order valence-electron chi connectivity index (χ3n) is 3.97. The van der Waals surface area contributed by atoms with Gasteiger partial charge in [-0.05, 0) is 38.0 Å². The predicted octanol–water partition coefficient (Wildman–Crippen LogP) is 3.84. The summed E-state index contributed by atoms with van der Waals surface area (Å²) < 4.78 is 0. The van der Waals surface area contributed by atoms with Crippen LogP contribution in [0.5, 0.6) is 0 Å². The minimum atomic E-state index is -0.252. The fourth-order valence-corrected chi connectivity index (χ4v) is 3.43. The largest absolute Gasteiger partial charge is 0.274 e. The summed E-state index contributed by atoms with van der Waals surface area (Å²) in [7, 11) is 0. The van der Waals surface area contributed by atoms with Gasteiger partial charge in [0.25, 0.3) is 0 Å². The number of nitrogens with zero attached hydrogens (tertiary/aromatic N) is 1. The highest BCUT2D eigenvalue weighted by atomic mass is 35.5. The SMILES string of the molecule is CC1=CCC2C(=O)N(c3ccc(Cl)cc3Cl)C(=O)C2C1. The Morgan fingerprint density at radius 3 is 2.55 bits per heavy atom.